The zero-order chi connectivity index (χ0) is 7.56. The van der Waals surface area contributed by atoms with E-state index in [0.717, 1.165) is 5.56 Å². The summed E-state index contributed by atoms with van der Waals surface area (Å²) in [6.07, 6.45) is 0. The SMILES string of the molecule is [CH]c1ccc(C(Br)Br)cc1. The summed E-state index contributed by atoms with van der Waals surface area (Å²) in [5.41, 5.74) is 1.97. The molecule has 0 aromatic heterocycles. The summed E-state index contributed by atoms with van der Waals surface area (Å²) < 4.78 is 0.223. The van der Waals surface area contributed by atoms with E-state index in [2.05, 4.69) is 31.9 Å². The van der Waals surface area contributed by atoms with E-state index in [0.29, 0.717) is 0 Å². The van der Waals surface area contributed by atoms with Crippen LogP contribution in [0.5, 0.6) is 0 Å². The molecular weight excluding hydrogens is 256 g/mol. The van der Waals surface area contributed by atoms with Crippen LogP contribution in [0, 0.1) is 6.92 Å². The van der Waals surface area contributed by atoms with E-state index in [4.69, 9.17) is 6.92 Å². The monoisotopic (exact) mass is 260 g/mol. The average molecular weight is 262 g/mol. The Bertz CT molecular complexity index is 201. The lowest BCUT2D eigenvalue weighted by atomic mass is 10.2. The number of halogens is 2. The van der Waals surface area contributed by atoms with Gasteiger partial charge in [-0.25, -0.2) is 0 Å². The van der Waals surface area contributed by atoms with Crippen molar-refractivity contribution in [3.8, 4) is 0 Å². The van der Waals surface area contributed by atoms with Crippen LogP contribution in [0.15, 0.2) is 24.3 Å². The first-order valence-corrected chi connectivity index (χ1v) is 4.67. The van der Waals surface area contributed by atoms with Crippen molar-refractivity contribution in [2.75, 3.05) is 0 Å². The van der Waals surface area contributed by atoms with Gasteiger partial charge in [-0.1, -0.05) is 56.1 Å². The van der Waals surface area contributed by atoms with Gasteiger partial charge >= 0.3 is 0 Å². The topological polar surface area (TPSA) is 0 Å². The van der Waals surface area contributed by atoms with Gasteiger partial charge in [0.15, 0.2) is 0 Å². The van der Waals surface area contributed by atoms with E-state index in [1.165, 1.54) is 5.56 Å². The first-order valence-electron chi connectivity index (χ1n) is 2.84. The maximum Gasteiger partial charge on any atom is 0.0946 e. The van der Waals surface area contributed by atoms with Crippen LogP contribution in [-0.4, -0.2) is 0 Å². The highest BCUT2D eigenvalue weighted by Gasteiger charge is 1.99. The van der Waals surface area contributed by atoms with Crippen molar-refractivity contribution >= 4 is 31.9 Å². The van der Waals surface area contributed by atoms with Gasteiger partial charge in [0.05, 0.1) is 3.74 Å². The molecular formula is C8H6Br2. The third-order valence-corrected chi connectivity index (χ3v) is 2.25. The second kappa shape index (κ2) is 3.54. The van der Waals surface area contributed by atoms with Gasteiger partial charge in [0.1, 0.15) is 0 Å². The molecule has 10 heavy (non-hydrogen) atoms. The van der Waals surface area contributed by atoms with Crippen molar-refractivity contribution < 1.29 is 0 Å². The van der Waals surface area contributed by atoms with Gasteiger partial charge in [0.25, 0.3) is 0 Å². The molecule has 0 spiro atoms. The minimum Gasteiger partial charge on any atom is -0.0712 e. The van der Waals surface area contributed by atoms with Crippen LogP contribution < -0.4 is 0 Å². The maximum absolute atomic E-state index is 5.50. The van der Waals surface area contributed by atoms with Crippen LogP contribution >= 0.6 is 31.9 Å². The Balaban J connectivity index is 2.89. The smallest absolute Gasteiger partial charge is 0.0712 e. The summed E-state index contributed by atoms with van der Waals surface area (Å²) in [6, 6.07) is 7.71. The highest BCUT2D eigenvalue weighted by molar-refractivity contribution is 9.24. The van der Waals surface area contributed by atoms with Gasteiger partial charge in [-0.2, -0.15) is 0 Å². The normalized spacial score (nSPS) is 10.4. The molecule has 0 fully saturated rings. The predicted molar refractivity (Wildman–Crippen MR) is 50.4 cm³/mol. The summed E-state index contributed by atoms with van der Waals surface area (Å²) in [5, 5.41) is 0. The summed E-state index contributed by atoms with van der Waals surface area (Å²) in [5.74, 6) is 0. The fraction of sp³-hybridized carbons (Fsp3) is 0.125. The average Bonchev–Trinajstić information content (AvgIpc) is 1.88. The van der Waals surface area contributed by atoms with Crippen molar-refractivity contribution in [3.05, 3.63) is 42.3 Å². The minimum atomic E-state index is 0.223. The van der Waals surface area contributed by atoms with Gasteiger partial charge in [0.2, 0.25) is 0 Å². The number of benzene rings is 1. The molecule has 1 rings (SSSR count). The molecule has 0 amide bonds. The van der Waals surface area contributed by atoms with E-state index >= 15 is 0 Å². The predicted octanol–water partition coefficient (Wildman–Crippen LogP) is 3.53. The number of hydrogen-bond donors (Lipinski definition) is 0. The zero-order valence-electron chi connectivity index (χ0n) is 5.22. The molecule has 0 atom stereocenters. The van der Waals surface area contributed by atoms with E-state index < -0.39 is 0 Å². The van der Waals surface area contributed by atoms with Crippen LogP contribution in [0.2, 0.25) is 0 Å². The van der Waals surface area contributed by atoms with Crippen molar-refractivity contribution in [2.24, 2.45) is 0 Å². The third-order valence-electron chi connectivity index (χ3n) is 1.19. The molecule has 0 heterocycles. The number of hydrogen-bond acceptors (Lipinski definition) is 0. The summed E-state index contributed by atoms with van der Waals surface area (Å²) in [4.78, 5) is 0. The molecule has 1 aromatic carbocycles. The standard InChI is InChI=1S/C8H6Br2/c1-6-2-4-7(5-3-6)8(9)10/h1-5,8H. The molecule has 0 saturated carbocycles. The van der Waals surface area contributed by atoms with E-state index in [1.54, 1.807) is 0 Å². The Morgan fingerprint density at radius 1 is 1.10 bits per heavy atom. The first kappa shape index (κ1) is 8.28. The van der Waals surface area contributed by atoms with Crippen molar-refractivity contribution in [3.63, 3.8) is 0 Å². The van der Waals surface area contributed by atoms with Crippen molar-refractivity contribution in [2.45, 2.75) is 3.74 Å². The van der Waals surface area contributed by atoms with E-state index in [9.17, 15) is 0 Å². The van der Waals surface area contributed by atoms with Gasteiger partial charge < -0.3 is 0 Å². The third kappa shape index (κ3) is 2.10. The lowest BCUT2D eigenvalue weighted by molar-refractivity contribution is 1.41. The summed E-state index contributed by atoms with van der Waals surface area (Å²) >= 11 is 6.77. The molecule has 2 heteroatoms. The highest BCUT2D eigenvalue weighted by Crippen LogP contribution is 2.28. The van der Waals surface area contributed by atoms with Crippen LogP contribution in [0.4, 0.5) is 0 Å². The minimum absolute atomic E-state index is 0.223. The fourth-order valence-electron chi connectivity index (χ4n) is 0.641. The van der Waals surface area contributed by atoms with Crippen molar-refractivity contribution in [1.82, 2.24) is 0 Å². The van der Waals surface area contributed by atoms with Gasteiger partial charge in [-0.15, -0.1) is 0 Å². The van der Waals surface area contributed by atoms with Crippen LogP contribution in [0.1, 0.15) is 14.9 Å². The molecule has 0 saturated heterocycles. The molecule has 0 nitrogen and oxygen atoms in total. The quantitative estimate of drug-likeness (QED) is 0.679. The van der Waals surface area contributed by atoms with E-state index in [1.807, 2.05) is 24.3 Å². The molecule has 2 radical (unpaired) electrons. The Labute approximate surface area is 77.9 Å². The molecule has 0 aliphatic heterocycles. The van der Waals surface area contributed by atoms with Crippen LogP contribution in [0.25, 0.3) is 0 Å². The summed E-state index contributed by atoms with van der Waals surface area (Å²) in [7, 11) is 0. The second-order valence-corrected chi connectivity index (χ2v) is 5.03. The lowest BCUT2D eigenvalue weighted by Crippen LogP contribution is -1.79. The molecule has 0 N–H and O–H groups in total. The highest BCUT2D eigenvalue weighted by atomic mass is 79.9. The van der Waals surface area contributed by atoms with Gasteiger partial charge in [-0.3, -0.25) is 0 Å². The summed E-state index contributed by atoms with van der Waals surface area (Å²) in [6.45, 7) is 5.50. The Morgan fingerprint density at radius 3 is 2.00 bits per heavy atom. The molecule has 0 aliphatic carbocycles. The number of alkyl halides is 2. The molecule has 1 aromatic rings. The number of rotatable bonds is 1. The first-order chi connectivity index (χ1) is 4.70. The maximum atomic E-state index is 5.50. The Hall–Kier alpha value is 0.180. The van der Waals surface area contributed by atoms with E-state index in [-0.39, 0.29) is 3.74 Å². The van der Waals surface area contributed by atoms with Gasteiger partial charge in [-0.05, 0) is 18.1 Å². The fourth-order valence-corrected chi connectivity index (χ4v) is 1.25. The van der Waals surface area contributed by atoms with Crippen LogP contribution in [-0.2, 0) is 0 Å². The molecule has 0 unspecified atom stereocenters. The molecule has 0 aliphatic rings. The van der Waals surface area contributed by atoms with Crippen LogP contribution in [0.3, 0.4) is 0 Å². The second-order valence-electron chi connectivity index (χ2n) is 1.97. The van der Waals surface area contributed by atoms with Crippen molar-refractivity contribution in [1.29, 1.82) is 0 Å². The Morgan fingerprint density at radius 2 is 1.60 bits per heavy atom. The largest absolute Gasteiger partial charge is 0.0946 e. The zero-order valence-corrected chi connectivity index (χ0v) is 8.39. The lowest BCUT2D eigenvalue weighted by Gasteiger charge is -2.00. The molecule has 0 bridgehead atoms. The molecule has 52 valence electrons. The van der Waals surface area contributed by atoms with Gasteiger partial charge in [0, 0.05) is 0 Å². The Kier molecular flexibility index (Phi) is 2.93.